The number of hydrogen-bond acceptors (Lipinski definition) is 2. The van der Waals surface area contributed by atoms with Gasteiger partial charge in [0.05, 0.1) is 0 Å². The third kappa shape index (κ3) is 4.65. The van der Waals surface area contributed by atoms with Gasteiger partial charge in [-0.3, -0.25) is 4.79 Å². The van der Waals surface area contributed by atoms with E-state index in [1.54, 1.807) is 18.2 Å². The van der Waals surface area contributed by atoms with Gasteiger partial charge in [-0.05, 0) is 36.2 Å². The molecule has 0 aliphatic heterocycles. The molecule has 0 heterocycles. The summed E-state index contributed by atoms with van der Waals surface area (Å²) in [6.45, 7) is 2.24. The molecule has 0 unspecified atom stereocenters. The summed E-state index contributed by atoms with van der Waals surface area (Å²) in [7, 11) is 0. The van der Waals surface area contributed by atoms with Gasteiger partial charge in [-0.15, -0.1) is 0 Å². The maximum atomic E-state index is 12.2. The van der Waals surface area contributed by atoms with Gasteiger partial charge in [0.25, 0.3) is 5.91 Å². The predicted octanol–water partition coefficient (Wildman–Crippen LogP) is 4.47. The first-order chi connectivity index (χ1) is 10.6. The van der Waals surface area contributed by atoms with Gasteiger partial charge in [-0.25, -0.2) is 0 Å². The first kappa shape index (κ1) is 16.7. The highest BCUT2D eigenvalue weighted by Gasteiger charge is 2.18. The third-order valence-electron chi connectivity index (χ3n) is 3.15. The van der Waals surface area contributed by atoms with Crippen LogP contribution in [-0.2, 0) is 11.3 Å². The lowest BCUT2D eigenvalue weighted by atomic mass is 10.2. The molecule has 0 bridgehead atoms. The molecule has 2 aromatic carbocycles. The molecular formula is C17H17Cl2NO2. The van der Waals surface area contributed by atoms with Gasteiger partial charge in [-0.1, -0.05) is 54.4 Å². The van der Waals surface area contributed by atoms with Crippen LogP contribution in [0.25, 0.3) is 0 Å². The van der Waals surface area contributed by atoms with Crippen LogP contribution in [0.2, 0.25) is 10.0 Å². The number of carbonyl (C=O) groups excluding carboxylic acids is 1. The summed E-state index contributed by atoms with van der Waals surface area (Å²) in [5.74, 6) is 0.506. The molecule has 0 radical (unpaired) electrons. The number of benzene rings is 2. The van der Waals surface area contributed by atoms with Crippen molar-refractivity contribution in [2.24, 2.45) is 0 Å². The largest absolute Gasteiger partial charge is 0.481 e. The van der Waals surface area contributed by atoms with Gasteiger partial charge in [0.2, 0.25) is 0 Å². The molecular weight excluding hydrogens is 321 g/mol. The monoisotopic (exact) mass is 337 g/mol. The van der Waals surface area contributed by atoms with Crippen molar-refractivity contribution >= 4 is 29.1 Å². The van der Waals surface area contributed by atoms with Crippen LogP contribution in [0, 0.1) is 0 Å². The van der Waals surface area contributed by atoms with Crippen molar-refractivity contribution in [1.82, 2.24) is 5.32 Å². The smallest absolute Gasteiger partial charge is 0.261 e. The zero-order valence-corrected chi connectivity index (χ0v) is 13.7. The van der Waals surface area contributed by atoms with E-state index in [0.717, 1.165) is 5.56 Å². The Hall–Kier alpha value is -1.71. The second kappa shape index (κ2) is 8.06. The molecule has 1 amide bonds. The summed E-state index contributed by atoms with van der Waals surface area (Å²) in [6, 6.07) is 14.5. The van der Waals surface area contributed by atoms with Crippen LogP contribution >= 0.6 is 23.2 Å². The second-order valence-electron chi connectivity index (χ2n) is 4.78. The number of halogens is 2. The highest BCUT2D eigenvalue weighted by molar-refractivity contribution is 6.35. The number of ether oxygens (including phenoxy) is 1. The molecule has 0 aliphatic rings. The molecule has 116 valence electrons. The van der Waals surface area contributed by atoms with Crippen molar-refractivity contribution in [3.8, 4) is 5.75 Å². The molecule has 2 aromatic rings. The van der Waals surface area contributed by atoms with Gasteiger partial charge in [0.1, 0.15) is 5.75 Å². The van der Waals surface area contributed by atoms with Crippen LogP contribution < -0.4 is 10.1 Å². The first-order valence-corrected chi connectivity index (χ1v) is 7.79. The Kier molecular flexibility index (Phi) is 6.10. The maximum Gasteiger partial charge on any atom is 0.261 e. The van der Waals surface area contributed by atoms with E-state index in [9.17, 15) is 4.79 Å². The lowest BCUT2D eigenvalue weighted by Gasteiger charge is -2.17. The van der Waals surface area contributed by atoms with E-state index in [4.69, 9.17) is 27.9 Å². The first-order valence-electron chi connectivity index (χ1n) is 7.03. The quantitative estimate of drug-likeness (QED) is 0.844. The summed E-state index contributed by atoms with van der Waals surface area (Å²) in [5.41, 5.74) is 0.814. The number of amides is 1. The minimum atomic E-state index is -0.534. The molecule has 0 spiro atoms. The van der Waals surface area contributed by atoms with E-state index in [1.165, 1.54) is 0 Å². The fraction of sp³-hybridized carbons (Fsp3) is 0.235. The van der Waals surface area contributed by atoms with Crippen LogP contribution in [0.3, 0.4) is 0 Å². The van der Waals surface area contributed by atoms with Crippen molar-refractivity contribution in [2.75, 3.05) is 0 Å². The van der Waals surface area contributed by atoms with E-state index in [-0.39, 0.29) is 5.91 Å². The summed E-state index contributed by atoms with van der Waals surface area (Å²) in [6.07, 6.45) is 0.0446. The molecule has 0 saturated heterocycles. The average molecular weight is 338 g/mol. The van der Waals surface area contributed by atoms with Gasteiger partial charge >= 0.3 is 0 Å². The Morgan fingerprint density at radius 2 is 1.91 bits per heavy atom. The normalized spacial score (nSPS) is 11.8. The Balaban J connectivity index is 1.94. The van der Waals surface area contributed by atoms with Gasteiger partial charge in [-0.2, -0.15) is 0 Å². The van der Waals surface area contributed by atoms with Crippen LogP contribution in [-0.4, -0.2) is 12.0 Å². The number of para-hydroxylation sites is 1. The van der Waals surface area contributed by atoms with E-state index >= 15 is 0 Å². The molecule has 0 fully saturated rings. The maximum absolute atomic E-state index is 12.2. The van der Waals surface area contributed by atoms with E-state index in [0.29, 0.717) is 28.8 Å². The van der Waals surface area contributed by atoms with Crippen LogP contribution in [0.1, 0.15) is 18.9 Å². The van der Waals surface area contributed by atoms with E-state index < -0.39 is 6.10 Å². The van der Waals surface area contributed by atoms with Crippen molar-refractivity contribution in [3.63, 3.8) is 0 Å². The lowest BCUT2D eigenvalue weighted by Crippen LogP contribution is -2.37. The molecule has 1 N–H and O–H groups in total. The van der Waals surface area contributed by atoms with Crippen LogP contribution in [0.15, 0.2) is 48.5 Å². The molecule has 3 nitrogen and oxygen atoms in total. The van der Waals surface area contributed by atoms with Crippen molar-refractivity contribution < 1.29 is 9.53 Å². The van der Waals surface area contributed by atoms with E-state index in [1.807, 2.05) is 37.3 Å². The molecule has 5 heteroatoms. The lowest BCUT2D eigenvalue weighted by molar-refractivity contribution is -0.128. The third-order valence-corrected chi connectivity index (χ3v) is 3.74. The zero-order chi connectivity index (χ0) is 15.9. The summed E-state index contributed by atoms with van der Waals surface area (Å²) in [5, 5.41) is 3.94. The fourth-order valence-electron chi connectivity index (χ4n) is 1.95. The van der Waals surface area contributed by atoms with E-state index in [2.05, 4.69) is 5.32 Å². The Morgan fingerprint density at radius 3 is 2.55 bits per heavy atom. The zero-order valence-electron chi connectivity index (χ0n) is 12.2. The minimum absolute atomic E-state index is 0.169. The summed E-state index contributed by atoms with van der Waals surface area (Å²) >= 11 is 11.9. The molecule has 0 saturated carbocycles. The summed E-state index contributed by atoms with van der Waals surface area (Å²) < 4.78 is 5.70. The highest BCUT2D eigenvalue weighted by atomic mass is 35.5. The summed E-state index contributed by atoms with van der Waals surface area (Å²) in [4.78, 5) is 12.2. The topological polar surface area (TPSA) is 38.3 Å². The Bertz CT molecular complexity index is 632. The SMILES string of the molecule is CC[C@@H](Oc1ccccc1)C(=O)NCc1ccc(Cl)cc1Cl. The Labute approximate surface area is 140 Å². The number of rotatable bonds is 6. The number of nitrogens with one attached hydrogen (secondary N) is 1. The second-order valence-corrected chi connectivity index (χ2v) is 5.62. The number of hydrogen-bond donors (Lipinski definition) is 1. The van der Waals surface area contributed by atoms with Crippen molar-refractivity contribution in [1.29, 1.82) is 0 Å². The van der Waals surface area contributed by atoms with Crippen molar-refractivity contribution in [3.05, 3.63) is 64.1 Å². The predicted molar refractivity (Wildman–Crippen MR) is 89.5 cm³/mol. The molecule has 2 rings (SSSR count). The molecule has 0 aliphatic carbocycles. The number of carbonyl (C=O) groups is 1. The molecule has 22 heavy (non-hydrogen) atoms. The van der Waals surface area contributed by atoms with Crippen LogP contribution in [0.5, 0.6) is 5.75 Å². The van der Waals surface area contributed by atoms with Gasteiger partial charge < -0.3 is 10.1 Å². The Morgan fingerprint density at radius 1 is 1.18 bits per heavy atom. The average Bonchev–Trinajstić information content (AvgIpc) is 2.52. The highest BCUT2D eigenvalue weighted by Crippen LogP contribution is 2.21. The van der Waals surface area contributed by atoms with Gasteiger partial charge in [0, 0.05) is 16.6 Å². The van der Waals surface area contributed by atoms with Crippen molar-refractivity contribution in [2.45, 2.75) is 26.0 Å². The van der Waals surface area contributed by atoms with Gasteiger partial charge in [0.15, 0.2) is 6.10 Å². The fourth-order valence-corrected chi connectivity index (χ4v) is 2.42. The van der Waals surface area contributed by atoms with Crippen LogP contribution in [0.4, 0.5) is 0 Å². The molecule has 1 atom stereocenters. The minimum Gasteiger partial charge on any atom is -0.481 e. The standard InChI is InChI=1S/C17H17Cl2NO2/c1-2-16(22-14-6-4-3-5-7-14)17(21)20-11-12-8-9-13(18)10-15(12)19/h3-10,16H,2,11H2,1H3,(H,20,21)/t16-/m1/s1. The molecule has 0 aromatic heterocycles.